The lowest BCUT2D eigenvalue weighted by molar-refractivity contribution is 0.627. The van der Waals surface area contributed by atoms with Crippen molar-refractivity contribution in [2.75, 3.05) is 0 Å². The Kier molecular flexibility index (Phi) is 6.63. The molecular formula is C26H19ClFN3OS3. The molecule has 2 aromatic heterocycles. The first kappa shape index (κ1) is 23.9. The molecule has 35 heavy (non-hydrogen) atoms. The van der Waals surface area contributed by atoms with Crippen LogP contribution in [0.25, 0.3) is 21.7 Å². The molecule has 0 saturated carbocycles. The van der Waals surface area contributed by atoms with Crippen molar-refractivity contribution >= 4 is 57.3 Å². The minimum absolute atomic E-state index is 0.237. The van der Waals surface area contributed by atoms with Gasteiger partial charge >= 0.3 is 0 Å². The highest BCUT2D eigenvalue weighted by Gasteiger charge is 2.19. The van der Waals surface area contributed by atoms with Gasteiger partial charge in [0.05, 0.1) is 5.69 Å². The van der Waals surface area contributed by atoms with E-state index in [4.69, 9.17) is 28.8 Å². The molecule has 2 heterocycles. The molecule has 176 valence electrons. The van der Waals surface area contributed by atoms with Gasteiger partial charge in [-0.25, -0.2) is 9.37 Å². The predicted octanol–water partition coefficient (Wildman–Crippen LogP) is 7.67. The molecule has 0 unspecified atom stereocenters. The summed E-state index contributed by atoms with van der Waals surface area (Å²) in [5.41, 5.74) is 5.03. The third-order valence-corrected chi connectivity index (χ3v) is 8.30. The van der Waals surface area contributed by atoms with E-state index in [9.17, 15) is 9.18 Å². The zero-order valence-electron chi connectivity index (χ0n) is 18.8. The molecule has 0 radical (unpaired) electrons. The largest absolute Gasteiger partial charge is 0.278 e. The van der Waals surface area contributed by atoms with Gasteiger partial charge in [-0.15, -0.1) is 0 Å². The van der Waals surface area contributed by atoms with Crippen LogP contribution in [0.2, 0.25) is 5.02 Å². The van der Waals surface area contributed by atoms with Crippen LogP contribution in [0.15, 0.2) is 76.7 Å². The Morgan fingerprint density at radius 1 is 0.971 bits per heavy atom. The van der Waals surface area contributed by atoms with Crippen LogP contribution in [0.1, 0.15) is 16.7 Å². The minimum atomic E-state index is -0.372. The summed E-state index contributed by atoms with van der Waals surface area (Å²) in [5, 5.41) is 1.15. The first-order chi connectivity index (χ1) is 16.8. The Labute approximate surface area is 219 Å². The average Bonchev–Trinajstić information content (AvgIpc) is 3.17. The standard InChI is InChI=1S/C26H19ClFN3OS3/c1-15-3-10-21(13-16(15)2)30-23-22(35-26(30)33)24(32)31(20-11-8-19(28)9-12-20)25(29-23)34-14-17-4-6-18(27)7-5-17/h3-13H,14H2,1-2H3. The average molecular weight is 540 g/mol. The molecule has 0 bridgehead atoms. The fourth-order valence-electron chi connectivity index (χ4n) is 3.67. The first-order valence-electron chi connectivity index (χ1n) is 10.7. The lowest BCUT2D eigenvalue weighted by Crippen LogP contribution is -2.21. The second-order valence-corrected chi connectivity index (χ2v) is 11.1. The number of rotatable bonds is 5. The van der Waals surface area contributed by atoms with E-state index in [2.05, 4.69) is 6.92 Å². The number of aryl methyl sites for hydroxylation is 2. The summed E-state index contributed by atoms with van der Waals surface area (Å²) in [6.07, 6.45) is 0. The van der Waals surface area contributed by atoms with Gasteiger partial charge in [0.25, 0.3) is 5.56 Å². The van der Waals surface area contributed by atoms with Gasteiger partial charge < -0.3 is 0 Å². The van der Waals surface area contributed by atoms with E-state index in [1.165, 1.54) is 45.4 Å². The topological polar surface area (TPSA) is 39.8 Å². The highest BCUT2D eigenvalue weighted by molar-refractivity contribution is 7.98. The van der Waals surface area contributed by atoms with Gasteiger partial charge in [-0.3, -0.25) is 13.9 Å². The van der Waals surface area contributed by atoms with Gasteiger partial charge in [-0.05, 0) is 91.3 Å². The summed E-state index contributed by atoms with van der Waals surface area (Å²) >= 11 is 14.4. The van der Waals surface area contributed by atoms with Crippen molar-refractivity contribution < 1.29 is 4.39 Å². The van der Waals surface area contributed by atoms with Crippen LogP contribution in [0.3, 0.4) is 0 Å². The summed E-state index contributed by atoms with van der Waals surface area (Å²) < 4.78 is 18.0. The number of hydrogen-bond acceptors (Lipinski definition) is 5. The molecule has 5 rings (SSSR count). The van der Waals surface area contributed by atoms with Crippen LogP contribution < -0.4 is 5.56 Å². The maximum atomic E-state index is 13.8. The van der Waals surface area contributed by atoms with Crippen LogP contribution in [0.4, 0.5) is 4.39 Å². The molecule has 0 spiro atoms. The molecule has 5 aromatic rings. The highest BCUT2D eigenvalue weighted by Crippen LogP contribution is 2.29. The normalized spacial score (nSPS) is 11.3. The number of benzene rings is 3. The van der Waals surface area contributed by atoms with Crippen molar-refractivity contribution in [1.82, 2.24) is 14.1 Å². The van der Waals surface area contributed by atoms with Gasteiger partial charge in [0.15, 0.2) is 14.8 Å². The molecule has 4 nitrogen and oxygen atoms in total. The van der Waals surface area contributed by atoms with E-state index in [1.54, 1.807) is 12.1 Å². The molecule has 9 heteroatoms. The Morgan fingerprint density at radius 3 is 2.34 bits per heavy atom. The minimum Gasteiger partial charge on any atom is -0.275 e. The number of hydrogen-bond donors (Lipinski definition) is 0. The Morgan fingerprint density at radius 2 is 1.66 bits per heavy atom. The van der Waals surface area contributed by atoms with Gasteiger partial charge in [0.2, 0.25) is 0 Å². The molecule has 0 fully saturated rings. The van der Waals surface area contributed by atoms with E-state index in [0.717, 1.165) is 16.8 Å². The molecule has 0 N–H and O–H groups in total. The smallest absolute Gasteiger partial charge is 0.275 e. The number of aromatic nitrogens is 3. The summed E-state index contributed by atoms with van der Waals surface area (Å²) in [6.45, 7) is 4.09. The molecule has 3 aromatic carbocycles. The maximum absolute atomic E-state index is 13.8. The molecule has 0 aliphatic carbocycles. The molecule has 0 aliphatic rings. The van der Waals surface area contributed by atoms with Crippen molar-refractivity contribution in [3.8, 4) is 11.4 Å². The van der Waals surface area contributed by atoms with Gasteiger partial charge in [0, 0.05) is 16.5 Å². The summed E-state index contributed by atoms with van der Waals surface area (Å²) in [6, 6.07) is 19.4. The zero-order valence-corrected chi connectivity index (χ0v) is 22.0. The van der Waals surface area contributed by atoms with E-state index in [0.29, 0.717) is 35.9 Å². The summed E-state index contributed by atoms with van der Waals surface area (Å²) in [5.74, 6) is 0.202. The van der Waals surface area contributed by atoms with Crippen LogP contribution in [-0.4, -0.2) is 14.1 Å². The lowest BCUT2D eigenvalue weighted by atomic mass is 10.1. The van der Waals surface area contributed by atoms with Gasteiger partial charge in [-0.1, -0.05) is 52.9 Å². The van der Waals surface area contributed by atoms with E-state index in [-0.39, 0.29) is 11.4 Å². The van der Waals surface area contributed by atoms with Crippen molar-refractivity contribution in [3.05, 3.63) is 109 Å². The van der Waals surface area contributed by atoms with E-state index >= 15 is 0 Å². The molecule has 0 saturated heterocycles. The molecule has 0 aliphatic heterocycles. The van der Waals surface area contributed by atoms with Crippen molar-refractivity contribution in [2.45, 2.75) is 24.8 Å². The van der Waals surface area contributed by atoms with Crippen LogP contribution in [0.5, 0.6) is 0 Å². The Balaban J connectivity index is 1.72. The third-order valence-electron chi connectivity index (χ3n) is 5.69. The third kappa shape index (κ3) is 4.71. The van der Waals surface area contributed by atoms with Gasteiger partial charge in [-0.2, -0.15) is 0 Å². The zero-order chi connectivity index (χ0) is 24.7. The number of thioether (sulfide) groups is 1. The highest BCUT2D eigenvalue weighted by atomic mass is 35.5. The van der Waals surface area contributed by atoms with Crippen molar-refractivity contribution in [2.24, 2.45) is 0 Å². The monoisotopic (exact) mass is 539 g/mol. The van der Waals surface area contributed by atoms with E-state index in [1.807, 2.05) is 54.0 Å². The number of nitrogens with zero attached hydrogens (tertiary/aromatic N) is 3. The second kappa shape index (κ2) is 9.70. The number of fused-ring (bicyclic) bond motifs is 1. The number of halogens is 2. The maximum Gasteiger partial charge on any atom is 0.278 e. The first-order valence-corrected chi connectivity index (χ1v) is 13.3. The van der Waals surface area contributed by atoms with Gasteiger partial charge in [0.1, 0.15) is 10.5 Å². The summed E-state index contributed by atoms with van der Waals surface area (Å²) in [7, 11) is 0. The molecule has 0 atom stereocenters. The van der Waals surface area contributed by atoms with Crippen LogP contribution >= 0.6 is 46.9 Å². The fourth-order valence-corrected chi connectivity index (χ4v) is 6.06. The second-order valence-electron chi connectivity index (χ2n) is 8.05. The number of thiazole rings is 1. The van der Waals surface area contributed by atoms with Crippen molar-refractivity contribution in [3.63, 3.8) is 0 Å². The lowest BCUT2D eigenvalue weighted by Gasteiger charge is -2.13. The molecular weight excluding hydrogens is 521 g/mol. The Hall–Kier alpha value is -2.78. The van der Waals surface area contributed by atoms with Crippen molar-refractivity contribution in [1.29, 1.82) is 0 Å². The quantitative estimate of drug-likeness (QED) is 0.130. The Bertz CT molecular complexity index is 1670. The molecule has 0 amide bonds. The summed E-state index contributed by atoms with van der Waals surface area (Å²) in [4.78, 5) is 18.7. The van der Waals surface area contributed by atoms with Crippen LogP contribution in [-0.2, 0) is 5.75 Å². The predicted molar refractivity (Wildman–Crippen MR) is 146 cm³/mol. The van der Waals surface area contributed by atoms with Crippen LogP contribution in [0, 0.1) is 23.6 Å². The fraction of sp³-hybridized carbons (Fsp3) is 0.115. The van der Waals surface area contributed by atoms with E-state index < -0.39 is 0 Å². The SMILES string of the molecule is Cc1ccc(-n2c(=S)sc3c(=O)n(-c4ccc(F)cc4)c(SCc4ccc(Cl)cc4)nc32)cc1C.